The number of hydrogen-bond donors (Lipinski definition) is 3. The number of nitrogens with zero attached hydrogens (tertiary/aromatic N) is 1. The van der Waals surface area contributed by atoms with Crippen molar-refractivity contribution in [1.82, 2.24) is 10.7 Å². The highest BCUT2D eigenvalue weighted by atomic mass is 79.9. The van der Waals surface area contributed by atoms with Crippen molar-refractivity contribution in [3.63, 3.8) is 0 Å². The van der Waals surface area contributed by atoms with Crippen LogP contribution < -0.4 is 16.1 Å². The highest BCUT2D eigenvalue weighted by molar-refractivity contribution is 9.10. The zero-order valence-corrected chi connectivity index (χ0v) is 15.7. The van der Waals surface area contributed by atoms with Gasteiger partial charge in [0.2, 0.25) is 5.91 Å². The van der Waals surface area contributed by atoms with Gasteiger partial charge >= 0.3 is 11.8 Å². The molecule has 0 heterocycles. The van der Waals surface area contributed by atoms with Crippen LogP contribution in [0.1, 0.15) is 32.8 Å². The molecule has 0 aliphatic heterocycles. The molecule has 0 saturated carbocycles. The van der Waals surface area contributed by atoms with Crippen molar-refractivity contribution in [2.45, 2.75) is 40.2 Å². The van der Waals surface area contributed by atoms with Crippen LogP contribution in [0.2, 0.25) is 0 Å². The molecular formula is C16H21BrN4O3. The lowest BCUT2D eigenvalue weighted by molar-refractivity contribution is -0.139. The van der Waals surface area contributed by atoms with E-state index in [1.165, 1.54) is 0 Å². The van der Waals surface area contributed by atoms with Crippen LogP contribution in [-0.4, -0.2) is 29.5 Å². The molecule has 0 aliphatic carbocycles. The van der Waals surface area contributed by atoms with Gasteiger partial charge in [-0.15, -0.1) is 0 Å². The Labute approximate surface area is 149 Å². The standard InChI is InChI=1S/C16H21BrN4O3/c1-9(2)18-15(23)16(24)21-20-11(4)8-14(22)19-13-6-5-12(17)7-10(13)3/h5-7,9H,8H2,1-4H3,(H,18,23)(H,19,22)(H,21,24). The zero-order chi connectivity index (χ0) is 18.3. The second-order valence-electron chi connectivity index (χ2n) is 5.60. The summed E-state index contributed by atoms with van der Waals surface area (Å²) < 4.78 is 0.929. The van der Waals surface area contributed by atoms with Crippen LogP contribution in [-0.2, 0) is 14.4 Å². The summed E-state index contributed by atoms with van der Waals surface area (Å²) in [4.78, 5) is 34.9. The van der Waals surface area contributed by atoms with E-state index in [9.17, 15) is 14.4 Å². The van der Waals surface area contributed by atoms with Gasteiger partial charge in [0.1, 0.15) is 0 Å². The normalized spacial score (nSPS) is 11.2. The predicted molar refractivity (Wildman–Crippen MR) is 96.7 cm³/mol. The summed E-state index contributed by atoms with van der Waals surface area (Å²) in [6.07, 6.45) is 0.00157. The van der Waals surface area contributed by atoms with Crippen LogP contribution in [0.15, 0.2) is 27.8 Å². The van der Waals surface area contributed by atoms with E-state index in [0.717, 1.165) is 10.0 Å². The second-order valence-corrected chi connectivity index (χ2v) is 6.52. The van der Waals surface area contributed by atoms with Crippen LogP contribution in [0.3, 0.4) is 0 Å². The molecule has 0 aromatic heterocycles. The third-order valence-corrected chi connectivity index (χ3v) is 3.35. The molecule has 7 nitrogen and oxygen atoms in total. The van der Waals surface area contributed by atoms with Crippen LogP contribution >= 0.6 is 15.9 Å². The maximum Gasteiger partial charge on any atom is 0.329 e. The van der Waals surface area contributed by atoms with Gasteiger partial charge in [0.25, 0.3) is 0 Å². The lowest BCUT2D eigenvalue weighted by Gasteiger charge is -2.09. The summed E-state index contributed by atoms with van der Waals surface area (Å²) >= 11 is 3.36. The van der Waals surface area contributed by atoms with Gasteiger partial charge in [-0.25, -0.2) is 5.43 Å². The Morgan fingerprint density at radius 3 is 2.46 bits per heavy atom. The van der Waals surface area contributed by atoms with Crippen molar-refractivity contribution in [2.75, 3.05) is 5.32 Å². The first-order chi connectivity index (χ1) is 11.2. The summed E-state index contributed by atoms with van der Waals surface area (Å²) in [5.74, 6) is -1.90. The maximum absolute atomic E-state index is 12.0. The lowest BCUT2D eigenvalue weighted by atomic mass is 10.2. The molecule has 0 bridgehead atoms. The van der Waals surface area contributed by atoms with Crippen LogP contribution in [0.5, 0.6) is 0 Å². The Bertz CT molecular complexity index is 671. The van der Waals surface area contributed by atoms with Crippen molar-refractivity contribution in [2.24, 2.45) is 5.10 Å². The first kappa shape index (κ1) is 19.8. The van der Waals surface area contributed by atoms with E-state index in [4.69, 9.17) is 0 Å². The molecule has 0 unspecified atom stereocenters. The van der Waals surface area contributed by atoms with Gasteiger partial charge in [0.15, 0.2) is 0 Å². The van der Waals surface area contributed by atoms with Crippen molar-refractivity contribution in [3.8, 4) is 0 Å². The van der Waals surface area contributed by atoms with Crippen molar-refractivity contribution < 1.29 is 14.4 Å². The van der Waals surface area contributed by atoms with E-state index in [1.807, 2.05) is 19.1 Å². The molecular weight excluding hydrogens is 376 g/mol. The third-order valence-electron chi connectivity index (χ3n) is 2.85. The largest absolute Gasteiger partial charge is 0.346 e. The van der Waals surface area contributed by atoms with Gasteiger partial charge in [-0.3, -0.25) is 14.4 Å². The van der Waals surface area contributed by atoms with Crippen LogP contribution in [0.25, 0.3) is 0 Å². The Balaban J connectivity index is 2.54. The number of rotatable bonds is 5. The number of carbonyl (C=O) groups excluding carboxylic acids is 3. The fourth-order valence-electron chi connectivity index (χ4n) is 1.76. The average molecular weight is 397 g/mol. The van der Waals surface area contributed by atoms with Crippen LogP contribution in [0, 0.1) is 6.92 Å². The Morgan fingerprint density at radius 2 is 1.88 bits per heavy atom. The number of aryl methyl sites for hydroxylation is 1. The van der Waals surface area contributed by atoms with E-state index < -0.39 is 11.8 Å². The summed E-state index contributed by atoms with van der Waals surface area (Å²) in [5.41, 5.74) is 4.14. The highest BCUT2D eigenvalue weighted by Crippen LogP contribution is 2.20. The minimum atomic E-state index is -0.868. The molecule has 1 aromatic rings. The number of halogens is 1. The molecule has 0 spiro atoms. The first-order valence-corrected chi connectivity index (χ1v) is 8.18. The smallest absolute Gasteiger partial charge is 0.329 e. The van der Waals surface area contributed by atoms with Gasteiger partial charge in [0, 0.05) is 21.9 Å². The van der Waals surface area contributed by atoms with E-state index in [-0.39, 0.29) is 18.4 Å². The molecule has 8 heteroatoms. The summed E-state index contributed by atoms with van der Waals surface area (Å²) in [7, 11) is 0. The number of hydrogen-bond acceptors (Lipinski definition) is 4. The van der Waals surface area contributed by atoms with Crippen LogP contribution in [0.4, 0.5) is 5.69 Å². The second kappa shape index (κ2) is 9.17. The first-order valence-electron chi connectivity index (χ1n) is 7.39. The van der Waals surface area contributed by atoms with Gasteiger partial charge in [-0.05, 0) is 51.5 Å². The van der Waals surface area contributed by atoms with Crippen molar-refractivity contribution in [1.29, 1.82) is 0 Å². The quantitative estimate of drug-likeness (QED) is 0.403. The molecule has 0 atom stereocenters. The summed E-state index contributed by atoms with van der Waals surface area (Å²) in [6.45, 7) is 6.96. The molecule has 1 rings (SSSR count). The van der Waals surface area contributed by atoms with Gasteiger partial charge in [-0.2, -0.15) is 5.10 Å². The maximum atomic E-state index is 12.0. The van der Waals surface area contributed by atoms with Gasteiger partial charge in [0.05, 0.1) is 6.42 Å². The highest BCUT2D eigenvalue weighted by Gasteiger charge is 2.14. The van der Waals surface area contributed by atoms with E-state index in [2.05, 4.69) is 37.1 Å². The number of hydrazone groups is 1. The SMILES string of the molecule is CC(CC(=O)Nc1ccc(Br)cc1C)=NNC(=O)C(=O)NC(C)C. The van der Waals surface area contributed by atoms with Crippen molar-refractivity contribution in [3.05, 3.63) is 28.2 Å². The third kappa shape index (κ3) is 6.91. The monoisotopic (exact) mass is 396 g/mol. The van der Waals surface area contributed by atoms with E-state index in [0.29, 0.717) is 11.4 Å². The van der Waals surface area contributed by atoms with Gasteiger partial charge < -0.3 is 10.6 Å². The number of amides is 3. The average Bonchev–Trinajstić information content (AvgIpc) is 2.46. The minimum absolute atomic E-state index is 0.00157. The Hall–Kier alpha value is -2.22. The molecule has 3 N–H and O–H groups in total. The molecule has 1 aromatic carbocycles. The predicted octanol–water partition coefficient (Wildman–Crippen LogP) is 2.10. The zero-order valence-electron chi connectivity index (χ0n) is 14.1. The lowest BCUT2D eigenvalue weighted by Crippen LogP contribution is -2.41. The summed E-state index contributed by atoms with van der Waals surface area (Å²) in [5, 5.41) is 8.98. The minimum Gasteiger partial charge on any atom is -0.346 e. The fraction of sp³-hybridized carbons (Fsp3) is 0.375. The van der Waals surface area contributed by atoms with Crippen molar-refractivity contribution >= 4 is 45.1 Å². The number of benzene rings is 1. The number of nitrogens with one attached hydrogen (secondary N) is 3. The molecule has 0 radical (unpaired) electrons. The summed E-state index contributed by atoms with van der Waals surface area (Å²) in [6, 6.07) is 5.37. The fourth-order valence-corrected chi connectivity index (χ4v) is 2.23. The van der Waals surface area contributed by atoms with Gasteiger partial charge in [-0.1, -0.05) is 15.9 Å². The Morgan fingerprint density at radius 1 is 1.21 bits per heavy atom. The molecule has 130 valence electrons. The molecule has 0 saturated heterocycles. The molecule has 0 fully saturated rings. The topological polar surface area (TPSA) is 99.7 Å². The molecule has 0 aliphatic rings. The molecule has 3 amide bonds. The number of carbonyl (C=O) groups is 3. The van der Waals surface area contributed by atoms with E-state index >= 15 is 0 Å². The van der Waals surface area contributed by atoms with E-state index in [1.54, 1.807) is 26.8 Å². The number of anilines is 1. The molecule has 24 heavy (non-hydrogen) atoms. The Kier molecular flexibility index (Phi) is 7.57.